The largest absolute Gasteiger partial charge is 0.486 e. The van der Waals surface area contributed by atoms with Gasteiger partial charge in [0.05, 0.1) is 17.3 Å². The molecule has 0 spiro atoms. The Morgan fingerprint density at radius 1 is 1.19 bits per heavy atom. The van der Waals surface area contributed by atoms with Crippen molar-refractivity contribution in [2.75, 3.05) is 0 Å². The zero-order valence-electron chi connectivity index (χ0n) is 14.1. The molecule has 1 aromatic carbocycles. The lowest BCUT2D eigenvalue weighted by Crippen LogP contribution is -2.34. The van der Waals surface area contributed by atoms with E-state index in [-0.39, 0.29) is 6.04 Å². The summed E-state index contributed by atoms with van der Waals surface area (Å²) >= 11 is 0. The normalized spacial score (nSPS) is 25.3. The number of fused-ring (bicyclic) bond motifs is 1. The van der Waals surface area contributed by atoms with Crippen LogP contribution >= 0.6 is 0 Å². The summed E-state index contributed by atoms with van der Waals surface area (Å²) in [6.45, 7) is 1.90. The molecular formula is C19H18N4O3. The van der Waals surface area contributed by atoms with E-state index in [1.165, 1.54) is 6.33 Å². The first-order chi connectivity index (χ1) is 12.6. The first-order valence-electron chi connectivity index (χ1n) is 8.40. The average Bonchev–Trinajstić information content (AvgIpc) is 3.20. The van der Waals surface area contributed by atoms with Gasteiger partial charge in [-0.2, -0.15) is 5.26 Å². The number of aliphatic hydroxyl groups excluding tert-OH is 2. The zero-order chi connectivity index (χ0) is 18.3. The summed E-state index contributed by atoms with van der Waals surface area (Å²) < 4.78 is 7.72. The summed E-state index contributed by atoms with van der Waals surface area (Å²) in [5.74, 6) is 0.405. The first-order valence-corrected chi connectivity index (χ1v) is 8.40. The lowest BCUT2D eigenvalue weighted by molar-refractivity contribution is -0.0164. The fourth-order valence-corrected chi connectivity index (χ4v) is 3.55. The number of ether oxygens (including phenoxy) is 1. The van der Waals surface area contributed by atoms with E-state index in [4.69, 9.17) is 4.74 Å². The second kappa shape index (κ2) is 6.41. The van der Waals surface area contributed by atoms with Gasteiger partial charge >= 0.3 is 0 Å². The average molecular weight is 350 g/mol. The summed E-state index contributed by atoms with van der Waals surface area (Å²) in [5, 5.41) is 31.2. The van der Waals surface area contributed by atoms with Gasteiger partial charge in [0.2, 0.25) is 0 Å². The van der Waals surface area contributed by atoms with Gasteiger partial charge < -0.3 is 19.5 Å². The Bertz CT molecular complexity index is 994. The number of para-hydroxylation sites is 1. The van der Waals surface area contributed by atoms with Crippen molar-refractivity contribution < 1.29 is 14.9 Å². The maximum Gasteiger partial charge on any atom is 0.143 e. The molecule has 0 radical (unpaired) electrons. The third-order valence-corrected chi connectivity index (χ3v) is 4.95. The monoisotopic (exact) mass is 350 g/mol. The van der Waals surface area contributed by atoms with Crippen LogP contribution in [0.4, 0.5) is 0 Å². The molecule has 1 fully saturated rings. The summed E-state index contributed by atoms with van der Waals surface area (Å²) in [6.07, 6.45) is 1.05. The van der Waals surface area contributed by atoms with Crippen molar-refractivity contribution in [2.24, 2.45) is 0 Å². The molecule has 2 aromatic heterocycles. The minimum Gasteiger partial charge on any atom is -0.486 e. The van der Waals surface area contributed by atoms with E-state index in [2.05, 4.69) is 16.0 Å². The van der Waals surface area contributed by atoms with Gasteiger partial charge in [-0.1, -0.05) is 12.1 Å². The van der Waals surface area contributed by atoms with Crippen LogP contribution in [0.25, 0.3) is 11.0 Å². The highest BCUT2D eigenvalue weighted by molar-refractivity contribution is 5.78. The van der Waals surface area contributed by atoms with E-state index in [0.29, 0.717) is 23.4 Å². The van der Waals surface area contributed by atoms with E-state index >= 15 is 0 Å². The highest BCUT2D eigenvalue weighted by Gasteiger charge is 2.44. The predicted octanol–water partition coefficient (Wildman–Crippen LogP) is 1.73. The Balaban J connectivity index is 1.64. The standard InChI is InChI=1S/C19H18N4O3/c1-11-13-6-7-23(19(13)22-10-21-11)14-8-16(18(25)17(14)24)26-15-5-3-2-4-12(15)9-20/h2-7,10,14,16-18,24-25H,8H2,1H3/t14-,16?,17+,18-/m0/s1. The maximum absolute atomic E-state index is 10.6. The topological polar surface area (TPSA) is 104 Å². The lowest BCUT2D eigenvalue weighted by Gasteiger charge is -2.19. The molecule has 1 saturated carbocycles. The van der Waals surface area contributed by atoms with E-state index < -0.39 is 18.3 Å². The number of rotatable bonds is 3. The van der Waals surface area contributed by atoms with E-state index in [9.17, 15) is 15.5 Å². The number of nitrogens with zero attached hydrogens (tertiary/aromatic N) is 4. The van der Waals surface area contributed by atoms with Crippen molar-refractivity contribution in [1.82, 2.24) is 14.5 Å². The molecule has 4 atom stereocenters. The van der Waals surface area contributed by atoms with Crippen LogP contribution < -0.4 is 4.74 Å². The van der Waals surface area contributed by atoms with E-state index in [1.807, 2.05) is 23.8 Å². The molecule has 2 heterocycles. The van der Waals surface area contributed by atoms with Crippen molar-refractivity contribution >= 4 is 11.0 Å². The van der Waals surface area contributed by atoms with Crippen LogP contribution in [0.5, 0.6) is 5.75 Å². The number of hydrogen-bond donors (Lipinski definition) is 2. The second-order valence-electron chi connectivity index (χ2n) is 6.47. The number of aryl methyl sites for hydroxylation is 1. The summed E-state index contributed by atoms with van der Waals surface area (Å²) in [7, 11) is 0. The minimum absolute atomic E-state index is 0.379. The molecule has 2 N–H and O–H groups in total. The van der Waals surface area contributed by atoms with Crippen molar-refractivity contribution in [3.05, 3.63) is 54.1 Å². The summed E-state index contributed by atoms with van der Waals surface area (Å²) in [6, 6.07) is 10.5. The molecule has 7 heteroatoms. The van der Waals surface area contributed by atoms with Gasteiger partial charge in [0, 0.05) is 18.0 Å². The van der Waals surface area contributed by atoms with Gasteiger partial charge in [-0.25, -0.2) is 9.97 Å². The van der Waals surface area contributed by atoms with Crippen molar-refractivity contribution in [2.45, 2.75) is 37.7 Å². The van der Waals surface area contributed by atoms with Gasteiger partial charge in [0.15, 0.2) is 0 Å². The first kappa shape index (κ1) is 16.5. The Morgan fingerprint density at radius 2 is 2.00 bits per heavy atom. The summed E-state index contributed by atoms with van der Waals surface area (Å²) in [4.78, 5) is 8.50. The van der Waals surface area contributed by atoms with E-state index in [1.54, 1.807) is 24.3 Å². The molecule has 1 aliphatic carbocycles. The van der Waals surface area contributed by atoms with Crippen LogP contribution in [0.1, 0.15) is 23.7 Å². The van der Waals surface area contributed by atoms with Gasteiger partial charge in [-0.05, 0) is 25.1 Å². The minimum atomic E-state index is -1.06. The van der Waals surface area contributed by atoms with E-state index in [0.717, 1.165) is 11.1 Å². The molecule has 1 aliphatic rings. The van der Waals surface area contributed by atoms with Crippen LogP contribution in [0.2, 0.25) is 0 Å². The highest BCUT2D eigenvalue weighted by Crippen LogP contribution is 2.36. The molecule has 132 valence electrons. The number of nitriles is 1. The number of aromatic nitrogens is 3. The zero-order valence-corrected chi connectivity index (χ0v) is 14.1. The predicted molar refractivity (Wildman–Crippen MR) is 93.5 cm³/mol. The van der Waals surface area contributed by atoms with Crippen LogP contribution in [0, 0.1) is 18.3 Å². The second-order valence-corrected chi connectivity index (χ2v) is 6.47. The Labute approximate surface area is 150 Å². The quantitative estimate of drug-likeness (QED) is 0.745. The number of benzene rings is 1. The van der Waals surface area contributed by atoms with Crippen LogP contribution in [0.15, 0.2) is 42.9 Å². The van der Waals surface area contributed by atoms with Crippen LogP contribution in [-0.2, 0) is 0 Å². The van der Waals surface area contributed by atoms with Crippen molar-refractivity contribution in [1.29, 1.82) is 5.26 Å². The van der Waals surface area contributed by atoms with Gasteiger partial charge in [-0.15, -0.1) is 0 Å². The van der Waals surface area contributed by atoms with Crippen LogP contribution in [-0.4, -0.2) is 43.1 Å². The SMILES string of the molecule is Cc1ncnc2c1ccn2[C@H]1CC(Oc2ccccc2C#N)[C@H](O)[C@@H]1O. The molecule has 0 saturated heterocycles. The molecule has 0 aliphatic heterocycles. The molecule has 0 amide bonds. The van der Waals surface area contributed by atoms with Crippen molar-refractivity contribution in [3.8, 4) is 11.8 Å². The van der Waals surface area contributed by atoms with Gasteiger partial charge in [0.1, 0.15) is 42.1 Å². The Morgan fingerprint density at radius 3 is 2.81 bits per heavy atom. The number of aliphatic hydroxyl groups is 2. The number of hydrogen-bond acceptors (Lipinski definition) is 6. The fourth-order valence-electron chi connectivity index (χ4n) is 3.55. The van der Waals surface area contributed by atoms with Gasteiger partial charge in [0.25, 0.3) is 0 Å². The molecule has 7 nitrogen and oxygen atoms in total. The molecule has 4 rings (SSSR count). The molecule has 1 unspecified atom stereocenters. The van der Waals surface area contributed by atoms with Crippen LogP contribution in [0.3, 0.4) is 0 Å². The Kier molecular flexibility index (Phi) is 4.07. The smallest absolute Gasteiger partial charge is 0.143 e. The third-order valence-electron chi connectivity index (χ3n) is 4.95. The Hall–Kier alpha value is -2.95. The molecule has 0 bridgehead atoms. The molecule has 26 heavy (non-hydrogen) atoms. The molecular weight excluding hydrogens is 332 g/mol. The molecule has 3 aromatic rings. The lowest BCUT2D eigenvalue weighted by atomic mass is 10.2. The van der Waals surface area contributed by atoms with Crippen molar-refractivity contribution in [3.63, 3.8) is 0 Å². The maximum atomic E-state index is 10.6. The van der Waals surface area contributed by atoms with Gasteiger partial charge in [-0.3, -0.25) is 0 Å². The highest BCUT2D eigenvalue weighted by atomic mass is 16.5. The third kappa shape index (κ3) is 2.60. The summed E-state index contributed by atoms with van der Waals surface area (Å²) in [5.41, 5.74) is 1.97. The fraction of sp³-hybridized carbons (Fsp3) is 0.316.